The van der Waals surface area contributed by atoms with Crippen LogP contribution in [0.25, 0.3) is 0 Å². The van der Waals surface area contributed by atoms with Crippen molar-refractivity contribution in [2.45, 2.75) is 38.4 Å². The van der Waals surface area contributed by atoms with Crippen LogP contribution in [0.3, 0.4) is 0 Å². The van der Waals surface area contributed by atoms with Crippen molar-refractivity contribution in [3.8, 4) is 0 Å². The molecular weight excluding hydrogens is 256 g/mol. The fourth-order valence-electron chi connectivity index (χ4n) is 2.47. The van der Waals surface area contributed by atoms with E-state index in [0.29, 0.717) is 5.25 Å². The van der Waals surface area contributed by atoms with E-state index in [1.165, 1.54) is 12.8 Å². The number of hydrogen-bond acceptors (Lipinski definition) is 4. The van der Waals surface area contributed by atoms with Crippen molar-refractivity contribution in [3.63, 3.8) is 0 Å². The number of aryl methyl sites for hydroxylation is 1. The molecule has 0 saturated heterocycles. The summed E-state index contributed by atoms with van der Waals surface area (Å²) in [5, 5.41) is 5.23. The molecule has 5 heteroatoms. The zero-order chi connectivity index (χ0) is 13.7. The van der Waals surface area contributed by atoms with Gasteiger partial charge >= 0.3 is 0 Å². The molecule has 0 bridgehead atoms. The molecule has 106 valence electrons. The maximum absolute atomic E-state index is 4.62. The van der Waals surface area contributed by atoms with E-state index < -0.39 is 0 Å². The lowest BCUT2D eigenvalue weighted by atomic mass is 9.99. The summed E-state index contributed by atoms with van der Waals surface area (Å²) in [7, 11) is 2.04. The first-order valence-electron chi connectivity index (χ1n) is 7.15. The van der Waals surface area contributed by atoms with Gasteiger partial charge in [-0.25, -0.2) is 4.98 Å². The number of rotatable bonds is 6. The van der Waals surface area contributed by atoms with Crippen LogP contribution in [0.4, 0.5) is 0 Å². The van der Waals surface area contributed by atoms with Crippen molar-refractivity contribution in [3.05, 3.63) is 18.2 Å². The molecule has 1 aliphatic rings. The van der Waals surface area contributed by atoms with Gasteiger partial charge in [-0.15, -0.1) is 0 Å². The van der Waals surface area contributed by atoms with Crippen LogP contribution >= 0.6 is 11.8 Å². The van der Waals surface area contributed by atoms with E-state index in [1.807, 2.05) is 31.2 Å². The van der Waals surface area contributed by atoms with E-state index in [4.69, 9.17) is 0 Å². The Morgan fingerprint density at radius 3 is 2.89 bits per heavy atom. The van der Waals surface area contributed by atoms with Gasteiger partial charge in [0.1, 0.15) is 5.82 Å². The Morgan fingerprint density at radius 1 is 1.47 bits per heavy atom. The molecule has 0 amide bonds. The van der Waals surface area contributed by atoms with E-state index in [-0.39, 0.29) is 0 Å². The SMILES string of the molecule is CCC(CC)C1CN=C(NCCc2nccn2C)S1. The van der Waals surface area contributed by atoms with E-state index in [0.717, 1.165) is 36.4 Å². The van der Waals surface area contributed by atoms with Gasteiger partial charge in [0.2, 0.25) is 0 Å². The van der Waals surface area contributed by atoms with Crippen molar-refractivity contribution in [2.75, 3.05) is 13.1 Å². The number of nitrogens with one attached hydrogen (secondary N) is 1. The van der Waals surface area contributed by atoms with Gasteiger partial charge in [-0.2, -0.15) is 0 Å². The smallest absolute Gasteiger partial charge is 0.156 e. The van der Waals surface area contributed by atoms with Crippen LogP contribution in [0.5, 0.6) is 0 Å². The van der Waals surface area contributed by atoms with Crippen LogP contribution in [0.1, 0.15) is 32.5 Å². The second-order valence-electron chi connectivity index (χ2n) is 5.01. The minimum absolute atomic E-state index is 0.672. The molecule has 1 aromatic rings. The van der Waals surface area contributed by atoms with Gasteiger partial charge in [-0.3, -0.25) is 4.99 Å². The molecule has 0 aliphatic carbocycles. The molecule has 2 rings (SSSR count). The first-order chi connectivity index (χ1) is 9.24. The Labute approximate surface area is 120 Å². The van der Waals surface area contributed by atoms with Crippen molar-refractivity contribution in [1.29, 1.82) is 0 Å². The van der Waals surface area contributed by atoms with Crippen molar-refractivity contribution >= 4 is 16.9 Å². The quantitative estimate of drug-likeness (QED) is 0.870. The van der Waals surface area contributed by atoms with Gasteiger partial charge in [-0.1, -0.05) is 38.5 Å². The Morgan fingerprint density at radius 2 is 2.26 bits per heavy atom. The summed E-state index contributed by atoms with van der Waals surface area (Å²) < 4.78 is 2.07. The summed E-state index contributed by atoms with van der Waals surface area (Å²) in [6.07, 6.45) is 7.29. The summed E-state index contributed by atoms with van der Waals surface area (Å²) in [5.74, 6) is 1.91. The average Bonchev–Trinajstić information content (AvgIpc) is 3.02. The van der Waals surface area contributed by atoms with Gasteiger partial charge in [-0.05, 0) is 5.92 Å². The zero-order valence-electron chi connectivity index (χ0n) is 12.1. The molecule has 1 unspecified atom stereocenters. The Bertz CT molecular complexity index is 423. The van der Waals surface area contributed by atoms with E-state index in [1.54, 1.807) is 0 Å². The highest BCUT2D eigenvalue weighted by Crippen LogP contribution is 2.30. The summed E-state index contributed by atoms with van der Waals surface area (Å²) >= 11 is 1.92. The summed E-state index contributed by atoms with van der Waals surface area (Å²) in [6, 6.07) is 0. The minimum Gasteiger partial charge on any atom is -0.364 e. The third kappa shape index (κ3) is 3.75. The minimum atomic E-state index is 0.672. The first-order valence-corrected chi connectivity index (χ1v) is 8.03. The maximum Gasteiger partial charge on any atom is 0.156 e. The van der Waals surface area contributed by atoms with E-state index in [9.17, 15) is 0 Å². The third-order valence-corrected chi connectivity index (χ3v) is 5.13. The molecule has 1 aromatic heterocycles. The monoisotopic (exact) mass is 280 g/mol. The van der Waals surface area contributed by atoms with Crippen LogP contribution in [-0.2, 0) is 13.5 Å². The van der Waals surface area contributed by atoms with E-state index in [2.05, 4.69) is 33.7 Å². The number of aromatic nitrogens is 2. The molecule has 0 saturated carbocycles. The van der Waals surface area contributed by atoms with Gasteiger partial charge in [0.25, 0.3) is 0 Å². The lowest BCUT2D eigenvalue weighted by Gasteiger charge is -2.18. The first kappa shape index (κ1) is 14.4. The molecule has 1 atom stereocenters. The van der Waals surface area contributed by atoms with Crippen LogP contribution in [0.15, 0.2) is 17.4 Å². The van der Waals surface area contributed by atoms with Gasteiger partial charge in [0.15, 0.2) is 5.17 Å². The normalized spacial score (nSPS) is 18.9. The second-order valence-corrected chi connectivity index (χ2v) is 6.24. The number of imidazole rings is 1. The fraction of sp³-hybridized carbons (Fsp3) is 0.714. The molecule has 4 nitrogen and oxygen atoms in total. The summed E-state index contributed by atoms with van der Waals surface area (Å²) in [6.45, 7) is 6.44. The number of thioether (sulfide) groups is 1. The molecule has 19 heavy (non-hydrogen) atoms. The molecule has 0 fully saturated rings. The highest BCUT2D eigenvalue weighted by atomic mass is 32.2. The van der Waals surface area contributed by atoms with Crippen molar-refractivity contribution in [2.24, 2.45) is 18.0 Å². The maximum atomic E-state index is 4.62. The number of nitrogens with zero attached hydrogens (tertiary/aromatic N) is 3. The largest absolute Gasteiger partial charge is 0.364 e. The van der Waals surface area contributed by atoms with Crippen molar-refractivity contribution < 1.29 is 0 Å². The lowest BCUT2D eigenvalue weighted by Crippen LogP contribution is -2.24. The molecule has 2 heterocycles. The van der Waals surface area contributed by atoms with Crippen LogP contribution in [-0.4, -0.2) is 33.1 Å². The highest BCUT2D eigenvalue weighted by molar-refractivity contribution is 8.14. The standard InChI is InChI=1S/C14H24N4S/c1-4-11(5-2)12-10-17-14(19-12)16-7-6-13-15-8-9-18(13)3/h8-9,11-12H,4-7,10H2,1-3H3,(H,16,17). The molecule has 0 spiro atoms. The number of aliphatic imine (C=N–C) groups is 1. The summed E-state index contributed by atoms with van der Waals surface area (Å²) in [5.41, 5.74) is 0. The van der Waals surface area contributed by atoms with Crippen LogP contribution < -0.4 is 5.32 Å². The molecular formula is C14H24N4S. The van der Waals surface area contributed by atoms with Crippen LogP contribution in [0.2, 0.25) is 0 Å². The van der Waals surface area contributed by atoms with Gasteiger partial charge in [0.05, 0.1) is 6.54 Å². The predicted octanol–water partition coefficient (Wildman–Crippen LogP) is 2.46. The fourth-order valence-corrected chi connectivity index (χ4v) is 3.81. The predicted molar refractivity (Wildman–Crippen MR) is 82.7 cm³/mol. The lowest BCUT2D eigenvalue weighted by molar-refractivity contribution is 0.479. The molecule has 0 radical (unpaired) electrons. The topological polar surface area (TPSA) is 42.2 Å². The second kappa shape index (κ2) is 6.98. The Balaban J connectivity index is 1.72. The average molecular weight is 280 g/mol. The van der Waals surface area contributed by atoms with Crippen molar-refractivity contribution in [1.82, 2.24) is 14.9 Å². The Hall–Kier alpha value is -0.970. The zero-order valence-corrected chi connectivity index (χ0v) is 12.9. The van der Waals surface area contributed by atoms with E-state index >= 15 is 0 Å². The third-order valence-electron chi connectivity index (χ3n) is 3.80. The van der Waals surface area contributed by atoms with Crippen LogP contribution in [0, 0.1) is 5.92 Å². The van der Waals surface area contributed by atoms with Gasteiger partial charge < -0.3 is 9.88 Å². The number of hydrogen-bond donors (Lipinski definition) is 1. The molecule has 0 aromatic carbocycles. The molecule has 1 N–H and O–H groups in total. The van der Waals surface area contributed by atoms with Gasteiger partial charge in [0, 0.05) is 37.7 Å². The Kier molecular flexibility index (Phi) is 5.31. The number of amidine groups is 1. The summed E-state index contributed by atoms with van der Waals surface area (Å²) in [4.78, 5) is 8.94. The molecule has 1 aliphatic heterocycles. The highest BCUT2D eigenvalue weighted by Gasteiger charge is 2.25.